The highest BCUT2D eigenvalue weighted by atomic mass is 19.1. The van der Waals surface area contributed by atoms with Crippen LogP contribution in [0.5, 0.6) is 0 Å². The molecule has 4 heteroatoms. The molecule has 0 amide bonds. The Morgan fingerprint density at radius 1 is 1.43 bits per heavy atom. The summed E-state index contributed by atoms with van der Waals surface area (Å²) in [5.41, 5.74) is 6.76. The van der Waals surface area contributed by atoms with E-state index >= 15 is 0 Å². The number of piperidine rings is 1. The molecule has 0 spiro atoms. The molecule has 114 valence electrons. The van der Waals surface area contributed by atoms with Gasteiger partial charge in [-0.2, -0.15) is 0 Å². The number of nitrogens with two attached hydrogens (primary N) is 1. The Bertz CT molecular complexity index is 531. The number of benzene rings is 1. The molecule has 1 aliphatic heterocycles. The minimum atomic E-state index is -0.175. The van der Waals surface area contributed by atoms with Gasteiger partial charge in [-0.25, -0.2) is 4.39 Å². The van der Waals surface area contributed by atoms with E-state index < -0.39 is 0 Å². The van der Waals surface area contributed by atoms with E-state index in [0.29, 0.717) is 24.7 Å². The van der Waals surface area contributed by atoms with Crippen LogP contribution in [-0.2, 0) is 6.54 Å². The van der Waals surface area contributed by atoms with Crippen LogP contribution >= 0.6 is 0 Å². The van der Waals surface area contributed by atoms with E-state index in [9.17, 15) is 4.39 Å². The van der Waals surface area contributed by atoms with Crippen LogP contribution in [0.1, 0.15) is 24.0 Å². The molecule has 2 N–H and O–H groups in total. The van der Waals surface area contributed by atoms with Crippen LogP contribution in [0.25, 0.3) is 0 Å². The third-order valence-electron chi connectivity index (χ3n) is 3.99. The molecule has 0 aromatic heterocycles. The van der Waals surface area contributed by atoms with Gasteiger partial charge in [0.1, 0.15) is 5.82 Å². The molecule has 1 aromatic rings. The second-order valence-corrected chi connectivity index (χ2v) is 5.81. The zero-order valence-electron chi connectivity index (χ0n) is 12.9. The van der Waals surface area contributed by atoms with Crippen LogP contribution < -0.4 is 5.73 Å². The molecule has 0 radical (unpaired) electrons. The molecule has 0 bridgehead atoms. The number of likely N-dealkylation sites (tertiary alicyclic amines) is 1. The van der Waals surface area contributed by atoms with E-state index in [-0.39, 0.29) is 5.82 Å². The number of hydrogen-bond acceptors (Lipinski definition) is 3. The summed E-state index contributed by atoms with van der Waals surface area (Å²) in [6, 6.07) is 5.78. The van der Waals surface area contributed by atoms with Gasteiger partial charge < -0.3 is 10.6 Å². The average molecular weight is 289 g/mol. The highest BCUT2D eigenvalue weighted by molar-refractivity contribution is 5.37. The summed E-state index contributed by atoms with van der Waals surface area (Å²) in [6.45, 7) is 3.00. The quantitative estimate of drug-likeness (QED) is 0.859. The van der Waals surface area contributed by atoms with Crippen molar-refractivity contribution < 1.29 is 4.39 Å². The van der Waals surface area contributed by atoms with E-state index in [0.717, 1.165) is 18.7 Å². The fraction of sp³-hybridized carbons (Fsp3) is 0.529. The number of nitrogens with zero attached hydrogens (tertiary/aromatic N) is 2. The van der Waals surface area contributed by atoms with Gasteiger partial charge in [0, 0.05) is 30.3 Å². The predicted octanol–water partition coefficient (Wildman–Crippen LogP) is 1.66. The minimum absolute atomic E-state index is 0.175. The first kappa shape index (κ1) is 16.0. The highest BCUT2D eigenvalue weighted by Gasteiger charge is 2.21. The van der Waals surface area contributed by atoms with E-state index in [4.69, 9.17) is 5.73 Å². The number of rotatable bonds is 3. The van der Waals surface area contributed by atoms with Crippen LogP contribution in [0.4, 0.5) is 4.39 Å². The summed E-state index contributed by atoms with van der Waals surface area (Å²) in [5, 5.41) is 0. The van der Waals surface area contributed by atoms with Crippen molar-refractivity contribution in [1.82, 2.24) is 9.80 Å². The Kier molecular flexibility index (Phi) is 5.75. The van der Waals surface area contributed by atoms with Gasteiger partial charge >= 0.3 is 0 Å². The summed E-state index contributed by atoms with van der Waals surface area (Å²) in [4.78, 5) is 4.59. The van der Waals surface area contributed by atoms with Gasteiger partial charge in [0.2, 0.25) is 0 Å². The molecule has 1 unspecified atom stereocenters. The van der Waals surface area contributed by atoms with Crippen LogP contribution in [-0.4, -0.2) is 49.6 Å². The van der Waals surface area contributed by atoms with Crippen molar-refractivity contribution in [3.8, 4) is 11.8 Å². The Balaban J connectivity index is 2.02. The molecule has 1 saturated heterocycles. The predicted molar refractivity (Wildman–Crippen MR) is 84.3 cm³/mol. The maximum Gasteiger partial charge on any atom is 0.128 e. The van der Waals surface area contributed by atoms with E-state index in [1.165, 1.54) is 18.9 Å². The molecule has 1 heterocycles. The lowest BCUT2D eigenvalue weighted by molar-refractivity contribution is 0.127. The Morgan fingerprint density at radius 2 is 2.24 bits per heavy atom. The Hall–Kier alpha value is -1.41. The van der Waals surface area contributed by atoms with Gasteiger partial charge in [0.25, 0.3) is 0 Å². The van der Waals surface area contributed by atoms with Crippen LogP contribution in [0.3, 0.4) is 0 Å². The lowest BCUT2D eigenvalue weighted by atomic mass is 10.0. The smallest absolute Gasteiger partial charge is 0.128 e. The lowest BCUT2D eigenvalue weighted by Gasteiger charge is -2.36. The largest absolute Gasteiger partial charge is 0.320 e. The second-order valence-electron chi connectivity index (χ2n) is 5.81. The van der Waals surface area contributed by atoms with E-state index in [2.05, 4.69) is 35.7 Å². The normalized spacial score (nSPS) is 19.4. The monoisotopic (exact) mass is 289 g/mol. The zero-order chi connectivity index (χ0) is 15.2. The standard InChI is InChI=1S/C17H24FN3/c1-20(2)16-6-4-10-21(13-16)12-15-8-7-14(5-3-9-19)11-17(15)18/h7-8,11,16H,4,6,9-10,12-13,19H2,1-2H3. The molecule has 3 nitrogen and oxygen atoms in total. The summed E-state index contributed by atoms with van der Waals surface area (Å²) in [6.07, 6.45) is 2.39. The lowest BCUT2D eigenvalue weighted by Crippen LogP contribution is -2.44. The zero-order valence-corrected chi connectivity index (χ0v) is 12.9. The number of halogens is 1. The molecule has 2 rings (SSSR count). The van der Waals surface area contributed by atoms with Crippen LogP contribution in [0.2, 0.25) is 0 Å². The molecule has 0 saturated carbocycles. The van der Waals surface area contributed by atoms with Gasteiger partial charge in [-0.3, -0.25) is 4.90 Å². The van der Waals surface area contributed by atoms with Gasteiger partial charge in [-0.05, 0) is 45.6 Å². The molecule has 0 aliphatic carbocycles. The van der Waals surface area contributed by atoms with Crippen LogP contribution in [0, 0.1) is 17.7 Å². The van der Waals surface area contributed by atoms with Gasteiger partial charge in [0.15, 0.2) is 0 Å². The summed E-state index contributed by atoms with van der Waals surface area (Å²) in [5.74, 6) is 5.43. The maximum absolute atomic E-state index is 14.2. The van der Waals surface area contributed by atoms with Crippen LogP contribution in [0.15, 0.2) is 18.2 Å². The summed E-state index contributed by atoms with van der Waals surface area (Å²) >= 11 is 0. The third-order valence-corrected chi connectivity index (χ3v) is 3.99. The van der Waals surface area contributed by atoms with Gasteiger partial charge in [-0.15, -0.1) is 0 Å². The second kappa shape index (κ2) is 7.56. The van der Waals surface area contributed by atoms with Crippen molar-refractivity contribution in [3.05, 3.63) is 35.1 Å². The summed E-state index contributed by atoms with van der Waals surface area (Å²) < 4.78 is 14.2. The molecule has 1 aliphatic rings. The van der Waals surface area contributed by atoms with Crippen molar-refractivity contribution in [3.63, 3.8) is 0 Å². The van der Waals surface area contributed by atoms with E-state index in [1.54, 1.807) is 0 Å². The number of hydrogen-bond donors (Lipinski definition) is 1. The van der Waals surface area contributed by atoms with Gasteiger partial charge in [0.05, 0.1) is 6.54 Å². The van der Waals surface area contributed by atoms with Crippen molar-refractivity contribution in [2.75, 3.05) is 33.7 Å². The first-order valence-electron chi connectivity index (χ1n) is 7.46. The third kappa shape index (κ3) is 4.53. The number of likely N-dealkylation sites (N-methyl/N-ethyl adjacent to an activating group) is 1. The molecule has 1 atom stereocenters. The molecule has 1 fully saturated rings. The first-order valence-corrected chi connectivity index (χ1v) is 7.46. The Labute approximate surface area is 126 Å². The van der Waals surface area contributed by atoms with Crippen molar-refractivity contribution >= 4 is 0 Å². The maximum atomic E-state index is 14.2. The minimum Gasteiger partial charge on any atom is -0.320 e. The first-order chi connectivity index (χ1) is 10.1. The van der Waals surface area contributed by atoms with Crippen molar-refractivity contribution in [2.24, 2.45) is 5.73 Å². The van der Waals surface area contributed by atoms with Crippen molar-refractivity contribution in [1.29, 1.82) is 0 Å². The average Bonchev–Trinajstić information content (AvgIpc) is 2.48. The summed E-state index contributed by atoms with van der Waals surface area (Å²) in [7, 11) is 4.22. The molecule has 21 heavy (non-hydrogen) atoms. The fourth-order valence-corrected chi connectivity index (χ4v) is 2.74. The van der Waals surface area contributed by atoms with Gasteiger partial charge in [-0.1, -0.05) is 17.9 Å². The topological polar surface area (TPSA) is 32.5 Å². The van der Waals surface area contributed by atoms with Crippen molar-refractivity contribution in [2.45, 2.75) is 25.4 Å². The Morgan fingerprint density at radius 3 is 2.90 bits per heavy atom. The fourth-order valence-electron chi connectivity index (χ4n) is 2.74. The highest BCUT2D eigenvalue weighted by Crippen LogP contribution is 2.18. The van der Waals surface area contributed by atoms with E-state index in [1.807, 2.05) is 12.1 Å². The molecule has 1 aromatic carbocycles. The molecular weight excluding hydrogens is 265 g/mol. The molecular formula is C17H24FN3. The SMILES string of the molecule is CN(C)C1CCCN(Cc2ccc(C#CCN)cc2F)C1.